The molecule has 1 aromatic carbocycles. The van der Waals surface area contributed by atoms with Crippen molar-refractivity contribution in [1.29, 1.82) is 0 Å². The van der Waals surface area contributed by atoms with E-state index in [1.807, 2.05) is 0 Å². The standard InChI is InChI=1S/C11H12F3N/c1-7-4-5-9(11(12,13)14)6-10(7)8(2)15-3/h4-6,15H,2H2,1,3H3. The van der Waals surface area contributed by atoms with Gasteiger partial charge < -0.3 is 5.32 Å². The Balaban J connectivity index is 3.23. The molecule has 1 aromatic rings. The molecule has 15 heavy (non-hydrogen) atoms. The predicted octanol–water partition coefficient (Wildman–Crippen LogP) is 3.20. The summed E-state index contributed by atoms with van der Waals surface area (Å²) < 4.78 is 37.3. The second kappa shape index (κ2) is 3.96. The van der Waals surface area contributed by atoms with Crippen molar-refractivity contribution < 1.29 is 13.2 Å². The summed E-state index contributed by atoms with van der Waals surface area (Å²) in [5.74, 6) is 0. The molecule has 1 nitrogen and oxygen atoms in total. The van der Waals surface area contributed by atoms with Crippen molar-refractivity contribution in [2.75, 3.05) is 7.05 Å². The van der Waals surface area contributed by atoms with Crippen LogP contribution in [0.4, 0.5) is 13.2 Å². The summed E-state index contributed by atoms with van der Waals surface area (Å²) in [5.41, 5.74) is 1.09. The van der Waals surface area contributed by atoms with Gasteiger partial charge in [0.05, 0.1) is 5.56 Å². The number of hydrogen-bond acceptors (Lipinski definition) is 1. The Bertz CT molecular complexity index is 380. The molecule has 0 radical (unpaired) electrons. The average Bonchev–Trinajstić information content (AvgIpc) is 2.15. The third-order valence-corrected chi connectivity index (χ3v) is 2.19. The van der Waals surface area contributed by atoms with Gasteiger partial charge in [0.25, 0.3) is 0 Å². The van der Waals surface area contributed by atoms with Gasteiger partial charge in [-0.25, -0.2) is 0 Å². The van der Waals surface area contributed by atoms with Crippen molar-refractivity contribution in [3.8, 4) is 0 Å². The van der Waals surface area contributed by atoms with Gasteiger partial charge in [0.1, 0.15) is 0 Å². The summed E-state index contributed by atoms with van der Waals surface area (Å²) in [6, 6.07) is 3.62. The van der Waals surface area contributed by atoms with Gasteiger partial charge in [0.2, 0.25) is 0 Å². The Morgan fingerprint density at radius 2 is 1.93 bits per heavy atom. The summed E-state index contributed by atoms with van der Waals surface area (Å²) >= 11 is 0. The number of halogens is 3. The molecule has 0 unspecified atom stereocenters. The molecule has 4 heteroatoms. The first-order valence-electron chi connectivity index (χ1n) is 4.41. The van der Waals surface area contributed by atoms with Crippen molar-refractivity contribution in [2.24, 2.45) is 0 Å². The van der Waals surface area contributed by atoms with Gasteiger partial charge in [-0.1, -0.05) is 12.6 Å². The first-order valence-corrected chi connectivity index (χ1v) is 4.41. The van der Waals surface area contributed by atoms with E-state index < -0.39 is 11.7 Å². The van der Waals surface area contributed by atoms with Crippen LogP contribution in [-0.2, 0) is 6.18 Å². The largest absolute Gasteiger partial charge is 0.416 e. The van der Waals surface area contributed by atoms with Gasteiger partial charge in [0, 0.05) is 18.3 Å². The van der Waals surface area contributed by atoms with Crippen LogP contribution in [0.1, 0.15) is 16.7 Å². The molecule has 0 saturated carbocycles. The van der Waals surface area contributed by atoms with E-state index in [-0.39, 0.29) is 0 Å². The Labute approximate surface area is 86.6 Å². The Morgan fingerprint density at radius 1 is 1.33 bits per heavy atom. The highest BCUT2D eigenvalue weighted by Gasteiger charge is 2.30. The summed E-state index contributed by atoms with van der Waals surface area (Å²) in [5, 5.41) is 2.74. The number of alkyl halides is 3. The number of hydrogen-bond donors (Lipinski definition) is 1. The highest BCUT2D eigenvalue weighted by molar-refractivity contribution is 5.65. The molecule has 0 amide bonds. The zero-order chi connectivity index (χ0) is 11.6. The van der Waals surface area contributed by atoms with Crippen LogP contribution in [0.3, 0.4) is 0 Å². The lowest BCUT2D eigenvalue weighted by molar-refractivity contribution is -0.137. The first-order chi connectivity index (χ1) is 6.86. The van der Waals surface area contributed by atoms with E-state index >= 15 is 0 Å². The molecule has 0 aliphatic rings. The maximum atomic E-state index is 12.4. The van der Waals surface area contributed by atoms with E-state index in [1.165, 1.54) is 6.07 Å². The van der Waals surface area contributed by atoms with Crippen molar-refractivity contribution in [2.45, 2.75) is 13.1 Å². The van der Waals surface area contributed by atoms with Crippen molar-refractivity contribution in [1.82, 2.24) is 5.32 Å². The van der Waals surface area contributed by atoms with Crippen LogP contribution in [-0.4, -0.2) is 7.05 Å². The minimum atomic E-state index is -4.31. The molecule has 82 valence electrons. The molecule has 0 bridgehead atoms. The molecule has 0 atom stereocenters. The fourth-order valence-corrected chi connectivity index (χ4v) is 1.26. The van der Waals surface area contributed by atoms with Gasteiger partial charge in [-0.3, -0.25) is 0 Å². The van der Waals surface area contributed by atoms with Gasteiger partial charge in [-0.05, 0) is 24.6 Å². The molecule has 0 heterocycles. The quantitative estimate of drug-likeness (QED) is 0.798. The Morgan fingerprint density at radius 3 is 2.40 bits per heavy atom. The van der Waals surface area contributed by atoms with Crippen LogP contribution in [0.5, 0.6) is 0 Å². The molecule has 0 spiro atoms. The summed E-state index contributed by atoms with van der Waals surface area (Å²) in [7, 11) is 1.63. The molecule has 1 N–H and O–H groups in total. The fraction of sp³-hybridized carbons (Fsp3) is 0.273. The molecular formula is C11H12F3N. The fourth-order valence-electron chi connectivity index (χ4n) is 1.26. The van der Waals surface area contributed by atoms with E-state index in [9.17, 15) is 13.2 Å². The van der Waals surface area contributed by atoms with E-state index in [1.54, 1.807) is 14.0 Å². The predicted molar refractivity (Wildman–Crippen MR) is 54.3 cm³/mol. The Hall–Kier alpha value is -1.45. The SMILES string of the molecule is C=C(NC)c1cc(C(F)(F)F)ccc1C. The maximum absolute atomic E-state index is 12.4. The van der Waals surface area contributed by atoms with Crippen molar-refractivity contribution in [3.05, 3.63) is 41.5 Å². The second-order valence-electron chi connectivity index (χ2n) is 3.26. The van der Waals surface area contributed by atoms with E-state index in [0.29, 0.717) is 11.3 Å². The molecule has 1 rings (SSSR count). The highest BCUT2D eigenvalue weighted by atomic mass is 19.4. The molecule has 0 aliphatic carbocycles. The summed E-state index contributed by atoms with van der Waals surface area (Å²) in [4.78, 5) is 0. The maximum Gasteiger partial charge on any atom is 0.416 e. The minimum Gasteiger partial charge on any atom is -0.388 e. The van der Waals surface area contributed by atoms with Crippen LogP contribution in [0.15, 0.2) is 24.8 Å². The zero-order valence-corrected chi connectivity index (χ0v) is 8.57. The lowest BCUT2D eigenvalue weighted by Crippen LogP contribution is -2.09. The van der Waals surface area contributed by atoms with Crippen molar-refractivity contribution >= 4 is 5.70 Å². The number of benzene rings is 1. The molecule has 0 saturated heterocycles. The van der Waals surface area contributed by atoms with E-state index in [0.717, 1.165) is 17.7 Å². The molecular weight excluding hydrogens is 203 g/mol. The monoisotopic (exact) mass is 215 g/mol. The van der Waals surface area contributed by atoms with Crippen LogP contribution in [0.25, 0.3) is 5.70 Å². The minimum absolute atomic E-state index is 0.485. The van der Waals surface area contributed by atoms with Crippen LogP contribution in [0.2, 0.25) is 0 Å². The highest BCUT2D eigenvalue weighted by Crippen LogP contribution is 2.31. The summed E-state index contributed by atoms with van der Waals surface area (Å²) in [6.45, 7) is 5.40. The van der Waals surface area contributed by atoms with Gasteiger partial charge >= 0.3 is 6.18 Å². The first kappa shape index (κ1) is 11.6. The average molecular weight is 215 g/mol. The Kier molecular flexibility index (Phi) is 3.07. The van der Waals surface area contributed by atoms with Crippen LogP contribution < -0.4 is 5.32 Å². The third-order valence-electron chi connectivity index (χ3n) is 2.19. The molecule has 0 fully saturated rings. The van der Waals surface area contributed by atoms with Gasteiger partial charge in [-0.2, -0.15) is 13.2 Å². The second-order valence-corrected chi connectivity index (χ2v) is 3.26. The number of nitrogens with one attached hydrogen (secondary N) is 1. The number of rotatable bonds is 2. The topological polar surface area (TPSA) is 12.0 Å². The summed E-state index contributed by atoms with van der Waals surface area (Å²) in [6.07, 6.45) is -4.31. The van der Waals surface area contributed by atoms with E-state index in [2.05, 4.69) is 11.9 Å². The van der Waals surface area contributed by atoms with E-state index in [4.69, 9.17) is 0 Å². The zero-order valence-electron chi connectivity index (χ0n) is 8.57. The molecule has 0 aromatic heterocycles. The number of aryl methyl sites for hydroxylation is 1. The lowest BCUT2D eigenvalue weighted by Gasteiger charge is -2.12. The lowest BCUT2D eigenvalue weighted by atomic mass is 10.0. The molecule has 0 aliphatic heterocycles. The van der Waals surface area contributed by atoms with Crippen LogP contribution >= 0.6 is 0 Å². The normalized spacial score (nSPS) is 11.3. The van der Waals surface area contributed by atoms with Gasteiger partial charge in [0.15, 0.2) is 0 Å². The van der Waals surface area contributed by atoms with Gasteiger partial charge in [-0.15, -0.1) is 0 Å². The third kappa shape index (κ3) is 2.52. The van der Waals surface area contributed by atoms with Crippen LogP contribution in [0, 0.1) is 6.92 Å². The smallest absolute Gasteiger partial charge is 0.388 e. The van der Waals surface area contributed by atoms with Crippen molar-refractivity contribution in [3.63, 3.8) is 0 Å².